The van der Waals surface area contributed by atoms with E-state index in [9.17, 15) is 4.79 Å². The van der Waals surface area contributed by atoms with Crippen LogP contribution in [0.5, 0.6) is 0 Å². The number of hydrogen-bond acceptors (Lipinski definition) is 3. The lowest BCUT2D eigenvalue weighted by atomic mass is 9.76. The lowest BCUT2D eigenvalue weighted by molar-refractivity contribution is -0.0561. The van der Waals surface area contributed by atoms with Crippen molar-refractivity contribution in [2.24, 2.45) is 0 Å². The number of amides is 1. The van der Waals surface area contributed by atoms with Crippen molar-refractivity contribution in [2.45, 2.75) is 70.6 Å². The van der Waals surface area contributed by atoms with E-state index < -0.39 is 5.60 Å². The number of ether oxygens (including phenoxy) is 1. The molecule has 0 aromatic rings. The fourth-order valence-electron chi connectivity index (χ4n) is 3.49. The Morgan fingerprint density at radius 2 is 1.95 bits per heavy atom. The summed E-state index contributed by atoms with van der Waals surface area (Å²) in [6.07, 6.45) is 4.36. The number of piperidine rings is 2. The summed E-state index contributed by atoms with van der Waals surface area (Å²) in [6.45, 7) is 10.1. The van der Waals surface area contributed by atoms with E-state index in [1.807, 2.05) is 25.7 Å². The van der Waals surface area contributed by atoms with E-state index in [1.165, 1.54) is 6.42 Å². The van der Waals surface area contributed by atoms with Gasteiger partial charge in [-0.25, -0.2) is 4.79 Å². The molecule has 2 aliphatic heterocycles. The summed E-state index contributed by atoms with van der Waals surface area (Å²) >= 11 is 0. The van der Waals surface area contributed by atoms with Crippen LogP contribution in [0.3, 0.4) is 0 Å². The number of carbonyl (C=O) groups excluding carboxylic acids is 1. The molecule has 0 bridgehead atoms. The second kappa shape index (κ2) is 4.97. The molecule has 0 saturated carbocycles. The first kappa shape index (κ1) is 14.6. The molecule has 2 fully saturated rings. The van der Waals surface area contributed by atoms with Gasteiger partial charge in [0.05, 0.1) is 6.04 Å². The molecular formula is C15H28N2O2. The molecule has 0 radical (unpaired) electrons. The maximum atomic E-state index is 12.4. The van der Waals surface area contributed by atoms with Crippen LogP contribution >= 0.6 is 0 Å². The number of fused-ring (bicyclic) bond motifs is 1. The van der Waals surface area contributed by atoms with Gasteiger partial charge in [0.15, 0.2) is 0 Å². The number of likely N-dealkylation sites (tertiary alicyclic amines) is 2. The van der Waals surface area contributed by atoms with Gasteiger partial charge in [-0.2, -0.15) is 0 Å². The van der Waals surface area contributed by atoms with Crippen LogP contribution in [0.1, 0.15) is 53.4 Å². The molecule has 0 aromatic heterocycles. The van der Waals surface area contributed by atoms with Crippen molar-refractivity contribution < 1.29 is 9.53 Å². The first-order valence-electron chi connectivity index (χ1n) is 7.45. The Kier molecular flexibility index (Phi) is 3.83. The summed E-state index contributed by atoms with van der Waals surface area (Å²) in [5.41, 5.74) is -0.293. The maximum Gasteiger partial charge on any atom is 0.410 e. The zero-order valence-corrected chi connectivity index (χ0v) is 13.0. The van der Waals surface area contributed by atoms with Gasteiger partial charge in [-0.3, -0.25) is 4.90 Å². The molecule has 2 aliphatic rings. The Hall–Kier alpha value is -0.770. The zero-order valence-electron chi connectivity index (χ0n) is 13.0. The topological polar surface area (TPSA) is 32.8 Å². The zero-order chi connectivity index (χ0) is 14.3. The van der Waals surface area contributed by atoms with Crippen molar-refractivity contribution >= 4 is 6.09 Å². The molecule has 2 saturated heterocycles. The highest BCUT2D eigenvalue weighted by Crippen LogP contribution is 2.38. The highest BCUT2D eigenvalue weighted by Gasteiger charge is 2.47. The van der Waals surface area contributed by atoms with Gasteiger partial charge < -0.3 is 9.64 Å². The number of carbonyl (C=O) groups is 1. The molecule has 0 aromatic carbocycles. The van der Waals surface area contributed by atoms with E-state index in [0.717, 1.165) is 32.4 Å². The first-order chi connectivity index (χ1) is 8.74. The van der Waals surface area contributed by atoms with Gasteiger partial charge in [0.1, 0.15) is 5.60 Å². The summed E-state index contributed by atoms with van der Waals surface area (Å²) in [5, 5.41) is 0. The molecule has 2 rings (SSSR count). The van der Waals surface area contributed by atoms with Crippen LogP contribution in [0, 0.1) is 0 Å². The third-order valence-electron chi connectivity index (χ3n) is 4.65. The van der Waals surface area contributed by atoms with Crippen LogP contribution in [0.4, 0.5) is 4.79 Å². The van der Waals surface area contributed by atoms with Gasteiger partial charge in [0, 0.05) is 12.1 Å². The van der Waals surface area contributed by atoms with E-state index in [2.05, 4.69) is 18.9 Å². The van der Waals surface area contributed by atoms with Crippen molar-refractivity contribution in [3.8, 4) is 0 Å². The molecule has 4 nitrogen and oxygen atoms in total. The third-order valence-corrected chi connectivity index (χ3v) is 4.65. The van der Waals surface area contributed by atoms with Gasteiger partial charge in [-0.05, 0) is 67.0 Å². The molecule has 0 aliphatic carbocycles. The van der Waals surface area contributed by atoms with Crippen LogP contribution in [-0.2, 0) is 4.74 Å². The Morgan fingerprint density at radius 1 is 1.26 bits per heavy atom. The Morgan fingerprint density at radius 3 is 2.58 bits per heavy atom. The molecule has 19 heavy (non-hydrogen) atoms. The Labute approximate surface area is 117 Å². The number of nitrogens with zero attached hydrogens (tertiary/aromatic N) is 2. The van der Waals surface area contributed by atoms with E-state index in [1.54, 1.807) is 0 Å². The summed E-state index contributed by atoms with van der Waals surface area (Å²) in [4.78, 5) is 16.8. The predicted molar refractivity (Wildman–Crippen MR) is 76.2 cm³/mol. The summed E-state index contributed by atoms with van der Waals surface area (Å²) < 4.78 is 5.57. The highest BCUT2D eigenvalue weighted by molar-refractivity contribution is 5.69. The van der Waals surface area contributed by atoms with Crippen molar-refractivity contribution in [3.63, 3.8) is 0 Å². The molecule has 2 atom stereocenters. The predicted octanol–water partition coefficient (Wildman–Crippen LogP) is 2.87. The minimum atomic E-state index is -0.411. The lowest BCUT2D eigenvalue weighted by Crippen LogP contribution is -2.66. The van der Waals surface area contributed by atoms with Crippen molar-refractivity contribution in [2.75, 3.05) is 20.1 Å². The van der Waals surface area contributed by atoms with Gasteiger partial charge in [0.2, 0.25) is 0 Å². The smallest absolute Gasteiger partial charge is 0.410 e. The normalized spacial score (nSPS) is 32.9. The van der Waals surface area contributed by atoms with Gasteiger partial charge in [0.25, 0.3) is 0 Å². The van der Waals surface area contributed by atoms with Crippen LogP contribution in [0.2, 0.25) is 0 Å². The SMILES string of the molecule is CN1CCC[C@@H]2N(C(=O)OC(C)(C)C)CCC[C@@]21C. The minimum Gasteiger partial charge on any atom is -0.444 e. The Balaban J connectivity index is 2.15. The van der Waals surface area contributed by atoms with Crippen molar-refractivity contribution in [3.05, 3.63) is 0 Å². The number of rotatable bonds is 0. The fraction of sp³-hybridized carbons (Fsp3) is 0.933. The molecule has 0 unspecified atom stereocenters. The van der Waals surface area contributed by atoms with E-state index in [0.29, 0.717) is 6.04 Å². The molecule has 4 heteroatoms. The summed E-state index contributed by atoms with van der Waals surface area (Å²) in [7, 11) is 2.19. The first-order valence-corrected chi connectivity index (χ1v) is 7.45. The third kappa shape index (κ3) is 2.88. The number of hydrogen-bond donors (Lipinski definition) is 0. The lowest BCUT2D eigenvalue weighted by Gasteiger charge is -2.55. The number of likely N-dealkylation sites (N-methyl/N-ethyl adjacent to an activating group) is 1. The maximum absolute atomic E-state index is 12.4. The monoisotopic (exact) mass is 268 g/mol. The average Bonchev–Trinajstić information content (AvgIpc) is 2.27. The largest absolute Gasteiger partial charge is 0.444 e. The van der Waals surface area contributed by atoms with Gasteiger partial charge in [-0.1, -0.05) is 0 Å². The molecule has 0 spiro atoms. The van der Waals surface area contributed by atoms with Crippen LogP contribution in [0.15, 0.2) is 0 Å². The van der Waals surface area contributed by atoms with Gasteiger partial charge >= 0.3 is 6.09 Å². The van der Waals surface area contributed by atoms with Crippen LogP contribution in [0.25, 0.3) is 0 Å². The van der Waals surface area contributed by atoms with E-state index >= 15 is 0 Å². The standard InChI is InChI=1S/C15H28N2O2/c1-14(2,3)19-13(18)17-11-7-9-15(4)12(17)8-6-10-16(15)5/h12H,6-11H2,1-5H3/t12-,15-/m0/s1. The second-order valence-electron chi connectivity index (χ2n) is 7.21. The van der Waals surface area contributed by atoms with Crippen molar-refractivity contribution in [1.82, 2.24) is 9.80 Å². The minimum absolute atomic E-state index is 0.118. The second-order valence-corrected chi connectivity index (χ2v) is 7.21. The molecule has 2 heterocycles. The van der Waals surface area contributed by atoms with E-state index in [-0.39, 0.29) is 11.6 Å². The van der Waals surface area contributed by atoms with Crippen LogP contribution in [-0.4, -0.2) is 53.2 Å². The summed E-state index contributed by atoms with van der Waals surface area (Å²) in [5.74, 6) is 0. The van der Waals surface area contributed by atoms with Crippen LogP contribution < -0.4 is 0 Å². The molecule has 110 valence electrons. The fourth-order valence-corrected chi connectivity index (χ4v) is 3.49. The Bertz CT molecular complexity index is 351. The molecular weight excluding hydrogens is 240 g/mol. The molecule has 0 N–H and O–H groups in total. The molecule has 1 amide bonds. The van der Waals surface area contributed by atoms with Gasteiger partial charge in [-0.15, -0.1) is 0 Å². The highest BCUT2D eigenvalue weighted by atomic mass is 16.6. The summed E-state index contributed by atoms with van der Waals surface area (Å²) in [6, 6.07) is 0.301. The average molecular weight is 268 g/mol. The quantitative estimate of drug-likeness (QED) is 0.677. The van der Waals surface area contributed by atoms with Crippen molar-refractivity contribution in [1.29, 1.82) is 0 Å². The van der Waals surface area contributed by atoms with E-state index in [4.69, 9.17) is 4.74 Å².